The summed E-state index contributed by atoms with van der Waals surface area (Å²) in [6.07, 6.45) is 3.81. The Hall–Kier alpha value is -2.21. The molecule has 6 heteroatoms. The minimum Gasteiger partial charge on any atom is -0.341 e. The molecule has 24 heavy (non-hydrogen) atoms. The van der Waals surface area contributed by atoms with Gasteiger partial charge in [-0.25, -0.2) is 0 Å². The van der Waals surface area contributed by atoms with Crippen molar-refractivity contribution in [3.63, 3.8) is 0 Å². The summed E-state index contributed by atoms with van der Waals surface area (Å²) in [6, 6.07) is 10.2. The molecule has 1 atom stereocenters. The summed E-state index contributed by atoms with van der Waals surface area (Å²) < 4.78 is 1.96. The van der Waals surface area contributed by atoms with E-state index in [1.54, 1.807) is 6.33 Å². The molecule has 1 aromatic carbocycles. The van der Waals surface area contributed by atoms with E-state index in [0.717, 1.165) is 38.3 Å². The molecular weight excluding hydrogens is 302 g/mol. The largest absolute Gasteiger partial charge is 0.341 e. The standard InChI is InChI=1S/C18H25N5O/c1-21(11-15-7-4-3-5-8-15)13-17(24)23-10-6-9-16(12-23)18-20-19-14-22(18)2/h3-5,7-8,14,16H,6,9-13H2,1-2H3/t16-/m1/s1. The summed E-state index contributed by atoms with van der Waals surface area (Å²) in [6.45, 7) is 2.81. The van der Waals surface area contributed by atoms with Crippen molar-refractivity contribution < 1.29 is 4.79 Å². The number of nitrogens with zero attached hydrogens (tertiary/aromatic N) is 5. The first-order valence-corrected chi connectivity index (χ1v) is 8.47. The predicted octanol–water partition coefficient (Wildman–Crippen LogP) is 1.65. The smallest absolute Gasteiger partial charge is 0.236 e. The van der Waals surface area contributed by atoms with Crippen molar-refractivity contribution in [3.8, 4) is 0 Å². The van der Waals surface area contributed by atoms with Crippen LogP contribution in [0.5, 0.6) is 0 Å². The molecule has 0 N–H and O–H groups in total. The average molecular weight is 327 g/mol. The number of likely N-dealkylation sites (tertiary alicyclic amines) is 1. The molecule has 0 radical (unpaired) electrons. The molecular formula is C18H25N5O. The van der Waals surface area contributed by atoms with Crippen LogP contribution < -0.4 is 0 Å². The maximum absolute atomic E-state index is 12.6. The highest BCUT2D eigenvalue weighted by Gasteiger charge is 2.27. The minimum atomic E-state index is 0.195. The molecule has 6 nitrogen and oxygen atoms in total. The van der Waals surface area contributed by atoms with E-state index >= 15 is 0 Å². The number of aromatic nitrogens is 3. The molecule has 1 aromatic heterocycles. The van der Waals surface area contributed by atoms with Crippen LogP contribution in [-0.2, 0) is 18.4 Å². The number of benzene rings is 1. The van der Waals surface area contributed by atoms with Crippen LogP contribution in [0, 0.1) is 0 Å². The Morgan fingerprint density at radius 1 is 1.33 bits per heavy atom. The fourth-order valence-electron chi connectivity index (χ4n) is 3.36. The Labute approximate surface area is 143 Å². The number of amides is 1. The number of likely N-dealkylation sites (N-methyl/N-ethyl adjacent to an activating group) is 1. The molecule has 128 valence electrons. The van der Waals surface area contributed by atoms with Crippen molar-refractivity contribution in [2.24, 2.45) is 7.05 Å². The van der Waals surface area contributed by atoms with Gasteiger partial charge in [-0.1, -0.05) is 30.3 Å². The van der Waals surface area contributed by atoms with E-state index in [0.29, 0.717) is 6.54 Å². The highest BCUT2D eigenvalue weighted by Crippen LogP contribution is 2.25. The van der Waals surface area contributed by atoms with Crippen molar-refractivity contribution in [2.75, 3.05) is 26.7 Å². The van der Waals surface area contributed by atoms with Crippen molar-refractivity contribution >= 4 is 5.91 Å². The van der Waals surface area contributed by atoms with E-state index in [-0.39, 0.29) is 11.8 Å². The van der Waals surface area contributed by atoms with Crippen LogP contribution in [0.15, 0.2) is 36.7 Å². The Balaban J connectivity index is 1.55. The third-order valence-corrected chi connectivity index (χ3v) is 4.59. The molecule has 0 spiro atoms. The Bertz CT molecular complexity index is 669. The first-order chi connectivity index (χ1) is 11.6. The quantitative estimate of drug-likeness (QED) is 0.838. The minimum absolute atomic E-state index is 0.195. The lowest BCUT2D eigenvalue weighted by atomic mass is 9.97. The zero-order valence-corrected chi connectivity index (χ0v) is 14.4. The van der Waals surface area contributed by atoms with Gasteiger partial charge in [-0.2, -0.15) is 0 Å². The predicted molar refractivity (Wildman–Crippen MR) is 92.3 cm³/mol. The van der Waals surface area contributed by atoms with E-state index in [1.807, 2.05) is 41.8 Å². The van der Waals surface area contributed by atoms with Gasteiger partial charge in [0.2, 0.25) is 5.91 Å². The number of hydrogen-bond acceptors (Lipinski definition) is 4. The van der Waals surface area contributed by atoms with E-state index in [2.05, 4.69) is 27.2 Å². The maximum Gasteiger partial charge on any atom is 0.236 e. The number of piperidine rings is 1. The third-order valence-electron chi connectivity index (χ3n) is 4.59. The van der Waals surface area contributed by atoms with E-state index in [4.69, 9.17) is 0 Å². The second-order valence-electron chi connectivity index (χ2n) is 6.64. The van der Waals surface area contributed by atoms with Crippen molar-refractivity contribution in [3.05, 3.63) is 48.0 Å². The fourth-order valence-corrected chi connectivity index (χ4v) is 3.36. The van der Waals surface area contributed by atoms with Crippen LogP contribution in [0.2, 0.25) is 0 Å². The van der Waals surface area contributed by atoms with Gasteiger partial charge in [-0.15, -0.1) is 10.2 Å². The van der Waals surface area contributed by atoms with Gasteiger partial charge in [0.1, 0.15) is 12.2 Å². The Kier molecular flexibility index (Phi) is 5.25. The third kappa shape index (κ3) is 4.00. The van der Waals surface area contributed by atoms with Crippen LogP contribution >= 0.6 is 0 Å². The SMILES string of the molecule is CN(CC(=O)N1CCC[C@@H](c2nncn2C)C1)Cc1ccccc1. The normalized spacial score (nSPS) is 18.1. The number of carbonyl (C=O) groups is 1. The molecule has 0 aliphatic carbocycles. The summed E-state index contributed by atoms with van der Waals surface area (Å²) >= 11 is 0. The molecule has 2 heterocycles. The zero-order chi connectivity index (χ0) is 16.9. The molecule has 1 aliphatic heterocycles. The summed E-state index contributed by atoms with van der Waals surface area (Å²) in [5.74, 6) is 1.46. The Morgan fingerprint density at radius 3 is 2.83 bits per heavy atom. The molecule has 3 rings (SSSR count). The van der Waals surface area contributed by atoms with E-state index in [1.165, 1.54) is 5.56 Å². The second kappa shape index (κ2) is 7.57. The summed E-state index contributed by atoms with van der Waals surface area (Å²) in [4.78, 5) is 16.7. The van der Waals surface area contributed by atoms with Gasteiger partial charge in [-0.05, 0) is 25.5 Å². The lowest BCUT2D eigenvalue weighted by Crippen LogP contribution is -2.44. The lowest BCUT2D eigenvalue weighted by Gasteiger charge is -2.33. The highest BCUT2D eigenvalue weighted by atomic mass is 16.2. The van der Waals surface area contributed by atoms with Crippen LogP contribution in [0.4, 0.5) is 0 Å². The van der Waals surface area contributed by atoms with Crippen LogP contribution in [-0.4, -0.2) is 57.2 Å². The van der Waals surface area contributed by atoms with Crippen LogP contribution in [0.3, 0.4) is 0 Å². The summed E-state index contributed by atoms with van der Waals surface area (Å²) in [7, 11) is 3.96. The second-order valence-corrected chi connectivity index (χ2v) is 6.64. The molecule has 2 aromatic rings. The topological polar surface area (TPSA) is 54.3 Å². The van der Waals surface area contributed by atoms with Gasteiger partial charge in [-0.3, -0.25) is 9.69 Å². The van der Waals surface area contributed by atoms with Crippen molar-refractivity contribution in [1.82, 2.24) is 24.6 Å². The first-order valence-electron chi connectivity index (χ1n) is 8.47. The molecule has 1 amide bonds. The number of hydrogen-bond donors (Lipinski definition) is 0. The van der Waals surface area contributed by atoms with Crippen LogP contribution in [0.25, 0.3) is 0 Å². The molecule has 1 saturated heterocycles. The Morgan fingerprint density at radius 2 is 2.12 bits per heavy atom. The summed E-state index contributed by atoms with van der Waals surface area (Å²) in [5, 5.41) is 8.18. The first kappa shape index (κ1) is 16.6. The number of aryl methyl sites for hydroxylation is 1. The van der Waals surface area contributed by atoms with Gasteiger partial charge in [0, 0.05) is 32.6 Å². The van der Waals surface area contributed by atoms with Gasteiger partial charge in [0.25, 0.3) is 0 Å². The lowest BCUT2D eigenvalue weighted by molar-refractivity contribution is -0.133. The van der Waals surface area contributed by atoms with Crippen molar-refractivity contribution in [2.45, 2.75) is 25.3 Å². The number of rotatable bonds is 5. The van der Waals surface area contributed by atoms with Gasteiger partial charge >= 0.3 is 0 Å². The van der Waals surface area contributed by atoms with Crippen molar-refractivity contribution in [1.29, 1.82) is 0 Å². The maximum atomic E-state index is 12.6. The fraction of sp³-hybridized carbons (Fsp3) is 0.500. The molecule has 0 saturated carbocycles. The number of carbonyl (C=O) groups excluding carboxylic acids is 1. The average Bonchev–Trinajstić information content (AvgIpc) is 3.02. The van der Waals surface area contributed by atoms with E-state index in [9.17, 15) is 4.79 Å². The molecule has 1 fully saturated rings. The van der Waals surface area contributed by atoms with Gasteiger partial charge < -0.3 is 9.47 Å². The molecule has 0 bridgehead atoms. The van der Waals surface area contributed by atoms with Gasteiger partial charge in [0.15, 0.2) is 0 Å². The monoisotopic (exact) mass is 327 g/mol. The highest BCUT2D eigenvalue weighted by molar-refractivity contribution is 5.78. The van der Waals surface area contributed by atoms with E-state index < -0.39 is 0 Å². The summed E-state index contributed by atoms with van der Waals surface area (Å²) in [5.41, 5.74) is 1.23. The molecule has 1 aliphatic rings. The van der Waals surface area contributed by atoms with Gasteiger partial charge in [0.05, 0.1) is 6.54 Å². The zero-order valence-electron chi connectivity index (χ0n) is 14.4. The molecule has 0 unspecified atom stereocenters. The van der Waals surface area contributed by atoms with Crippen LogP contribution in [0.1, 0.15) is 30.1 Å².